The van der Waals surface area contributed by atoms with Crippen molar-refractivity contribution in [3.63, 3.8) is 0 Å². The van der Waals surface area contributed by atoms with Crippen LogP contribution >= 0.6 is 11.6 Å². The molecule has 0 saturated heterocycles. The van der Waals surface area contributed by atoms with Gasteiger partial charge in [0.1, 0.15) is 0 Å². The van der Waals surface area contributed by atoms with Gasteiger partial charge >= 0.3 is 12.3 Å². The van der Waals surface area contributed by atoms with E-state index < -0.39 is 12.3 Å². The largest absolute Gasteiger partial charge is 0.475 e. The van der Waals surface area contributed by atoms with Crippen molar-refractivity contribution in [1.29, 1.82) is 0 Å². The smallest absolute Gasteiger partial charge is 0.174 e. The van der Waals surface area contributed by atoms with Gasteiger partial charge in [0.15, 0.2) is 0 Å². The summed E-state index contributed by atoms with van der Waals surface area (Å²) >= 11 is 3.53. The first-order valence-electron chi connectivity index (χ1n) is 1.41. The average molecular weight is 174 g/mol. The molecule has 0 amide bonds. The Labute approximate surface area is 51.4 Å². The quantitative estimate of drug-likeness (QED) is 0.391. The molecule has 0 aliphatic heterocycles. The van der Waals surface area contributed by atoms with Crippen LogP contribution in [0.25, 0.3) is 0 Å². The summed E-state index contributed by atoms with van der Waals surface area (Å²) in [4.78, 5) is 0. The number of hydrogen-bond acceptors (Lipinski definition) is 0. The fraction of sp³-hybridized carbons (Fsp3) is 1.00. The molecule has 0 bridgehead atoms. The van der Waals surface area contributed by atoms with E-state index in [1.54, 1.807) is 0 Å². The van der Waals surface area contributed by atoms with Crippen LogP contribution in [0.3, 0.4) is 0 Å². The van der Waals surface area contributed by atoms with Crippen molar-refractivity contribution in [3.05, 3.63) is 0 Å². The molecule has 7 heteroatoms. The monoisotopic (exact) mass is 174 g/mol. The molecular weight excluding hydrogens is 173 g/mol. The maximum absolute atomic E-state index is 10.1. The maximum Gasteiger partial charge on any atom is 0.475 e. The molecule has 0 radical (unpaired) electrons. The molecule has 0 aromatic heterocycles. The van der Waals surface area contributed by atoms with E-state index in [2.05, 4.69) is 11.6 Å². The normalized spacial score (nSPS) is 10.7. The Hall–Kier alpha value is -0.130. The highest BCUT2D eigenvalue weighted by Crippen LogP contribution is 2.18. The topological polar surface area (TPSA) is 0 Å². The molecule has 0 spiro atoms. The van der Waals surface area contributed by atoms with Crippen molar-refractivity contribution in [2.45, 2.75) is 12.3 Å². The zero-order valence-corrected chi connectivity index (χ0v) is 4.48. The molecule has 0 atom stereocenters. The van der Waals surface area contributed by atoms with Gasteiger partial charge in [0, 0.05) is 0 Å². The van der Waals surface area contributed by atoms with E-state index >= 15 is 0 Å². The zero-order chi connectivity index (χ0) is 8.08. The van der Waals surface area contributed by atoms with Crippen molar-refractivity contribution in [1.82, 2.24) is 0 Å². The Morgan fingerprint density at radius 3 is 1.00 bits per heavy atom. The molecular formula is C2HClF6. The van der Waals surface area contributed by atoms with Crippen LogP contribution in [0.4, 0.5) is 26.3 Å². The van der Waals surface area contributed by atoms with Crippen LogP contribution < -0.4 is 0 Å². The Bertz CT molecular complexity index is 47.8. The second-order valence-corrected chi connectivity index (χ2v) is 1.10. The van der Waals surface area contributed by atoms with Gasteiger partial charge in [0.2, 0.25) is 0 Å². The third-order valence-electron chi connectivity index (χ3n) is 0. The molecule has 0 rings (SSSR count). The van der Waals surface area contributed by atoms with Gasteiger partial charge in [0.25, 0.3) is 0 Å². The van der Waals surface area contributed by atoms with Crippen molar-refractivity contribution in [2.75, 3.05) is 0 Å². The van der Waals surface area contributed by atoms with E-state index in [0.717, 1.165) is 0 Å². The predicted molar refractivity (Wildman–Crippen MR) is 19.0 cm³/mol. The number of hydrogen-bond donors (Lipinski definition) is 0. The van der Waals surface area contributed by atoms with E-state index in [4.69, 9.17) is 0 Å². The van der Waals surface area contributed by atoms with E-state index in [0.29, 0.717) is 0 Å². The molecule has 0 aromatic rings. The first-order chi connectivity index (χ1) is 3.73. The van der Waals surface area contributed by atoms with Gasteiger partial charge in [0.05, 0.1) is 0 Å². The lowest BCUT2D eigenvalue weighted by molar-refractivity contribution is -0.0420. The average Bonchev–Trinajstić information content (AvgIpc) is 1.19. The van der Waals surface area contributed by atoms with Crippen LogP contribution in [0.5, 0.6) is 0 Å². The Kier molecular flexibility index (Phi) is 6.11. The highest BCUT2D eigenvalue weighted by molar-refractivity contribution is 6.20. The van der Waals surface area contributed by atoms with Crippen LogP contribution in [0.1, 0.15) is 0 Å². The number of halogens is 7. The second-order valence-electron chi connectivity index (χ2n) is 0.676. The molecule has 58 valence electrons. The van der Waals surface area contributed by atoms with Crippen molar-refractivity contribution in [2.24, 2.45) is 0 Å². The van der Waals surface area contributed by atoms with Gasteiger partial charge < -0.3 is 0 Å². The van der Waals surface area contributed by atoms with Gasteiger partial charge in [-0.15, -0.1) is 0 Å². The molecule has 0 saturated carbocycles. The summed E-state index contributed by atoms with van der Waals surface area (Å²) in [5.74, 6) is 0. The molecule has 0 unspecified atom stereocenters. The highest BCUT2D eigenvalue weighted by atomic mass is 35.5. The van der Waals surface area contributed by atoms with Crippen LogP contribution in [-0.2, 0) is 0 Å². The fourth-order valence-corrected chi connectivity index (χ4v) is 0. The van der Waals surface area contributed by atoms with Crippen LogP contribution in [0, 0.1) is 0 Å². The lowest BCUT2D eigenvalue weighted by Gasteiger charge is -1.84. The predicted octanol–water partition coefficient (Wildman–Crippen LogP) is 2.92. The third-order valence-corrected chi connectivity index (χ3v) is 0. The highest BCUT2D eigenvalue weighted by Gasteiger charge is 2.20. The summed E-state index contributed by atoms with van der Waals surface area (Å²) in [6.45, 7) is -3.67. The van der Waals surface area contributed by atoms with Gasteiger partial charge in [-0.2, -0.15) is 26.3 Å². The summed E-state index contributed by atoms with van der Waals surface area (Å²) < 4.78 is 59.4. The molecule has 0 aromatic carbocycles. The Morgan fingerprint density at radius 1 is 1.00 bits per heavy atom. The minimum atomic E-state index is -4.53. The van der Waals surface area contributed by atoms with Gasteiger partial charge in [-0.3, -0.25) is 0 Å². The Balaban J connectivity index is 0. The lowest BCUT2D eigenvalue weighted by Crippen LogP contribution is -1.89. The summed E-state index contributed by atoms with van der Waals surface area (Å²) in [6.07, 6.45) is 0. The molecule has 0 fully saturated rings. The standard InChI is InChI=1S/CClF3.CHF3/c2-1(3,4)5;2-1(3)4/h;1H. The van der Waals surface area contributed by atoms with Crippen molar-refractivity contribution >= 4 is 11.6 Å². The second kappa shape index (κ2) is 4.72. The zero-order valence-electron chi connectivity index (χ0n) is 3.72. The lowest BCUT2D eigenvalue weighted by atomic mass is 11.6. The summed E-state index contributed by atoms with van der Waals surface area (Å²) in [6, 6.07) is 0. The van der Waals surface area contributed by atoms with Crippen LogP contribution in [-0.4, -0.2) is 12.3 Å². The van der Waals surface area contributed by atoms with E-state index in [9.17, 15) is 26.3 Å². The van der Waals surface area contributed by atoms with Crippen molar-refractivity contribution in [3.8, 4) is 0 Å². The van der Waals surface area contributed by atoms with Gasteiger partial charge in [-0.05, 0) is 11.6 Å². The fourth-order valence-electron chi connectivity index (χ4n) is 0. The van der Waals surface area contributed by atoms with Gasteiger partial charge in [-0.25, -0.2) is 0 Å². The minimum absolute atomic E-state index is 3.53. The maximum atomic E-state index is 10.1. The van der Waals surface area contributed by atoms with E-state index in [1.807, 2.05) is 0 Å². The number of rotatable bonds is 0. The van der Waals surface area contributed by atoms with Crippen LogP contribution in [0.15, 0.2) is 0 Å². The molecule has 0 nitrogen and oxygen atoms in total. The molecule has 0 aliphatic rings. The number of alkyl halides is 7. The first kappa shape index (κ1) is 11.6. The van der Waals surface area contributed by atoms with Gasteiger partial charge in [-0.1, -0.05) is 0 Å². The Morgan fingerprint density at radius 2 is 1.00 bits per heavy atom. The first-order valence-corrected chi connectivity index (χ1v) is 1.79. The molecule has 9 heavy (non-hydrogen) atoms. The van der Waals surface area contributed by atoms with E-state index in [-0.39, 0.29) is 0 Å². The molecule has 0 N–H and O–H groups in total. The molecule has 0 aliphatic carbocycles. The molecule has 0 heterocycles. The summed E-state index contributed by atoms with van der Waals surface area (Å²) in [5.41, 5.74) is -4.53. The third kappa shape index (κ3) is 16000. The SMILES string of the molecule is FC(F)(F)Cl.FC(F)F. The van der Waals surface area contributed by atoms with Crippen molar-refractivity contribution < 1.29 is 26.3 Å². The minimum Gasteiger partial charge on any atom is -0.174 e. The summed E-state index contributed by atoms with van der Waals surface area (Å²) in [5, 5.41) is 0. The summed E-state index contributed by atoms with van der Waals surface area (Å²) in [7, 11) is 0. The van der Waals surface area contributed by atoms with Crippen LogP contribution in [0.2, 0.25) is 0 Å². The van der Waals surface area contributed by atoms with E-state index in [1.165, 1.54) is 0 Å².